The van der Waals surface area contributed by atoms with Gasteiger partial charge in [0.05, 0.1) is 35.8 Å². The number of nitrogens with one attached hydrogen (secondary N) is 1. The summed E-state index contributed by atoms with van der Waals surface area (Å²) in [5.74, 6) is -0.490. The second-order valence-electron chi connectivity index (χ2n) is 5.30. The topological polar surface area (TPSA) is 115 Å². The van der Waals surface area contributed by atoms with Gasteiger partial charge < -0.3 is 15.1 Å². The van der Waals surface area contributed by atoms with Crippen LogP contribution in [0.3, 0.4) is 0 Å². The standard InChI is InChI=1S/C12H15N3O4S2/c1-6-3-20-12(14-6)10-8(16)2-15(11(10)13)7-4-21(18,19)5-9(7)17/h3,7,9,13,16-17H,2,4-5H2,1H3/t7-,9+/m1/s1. The fourth-order valence-corrected chi connectivity index (χ4v) is 5.35. The van der Waals surface area contributed by atoms with E-state index < -0.39 is 22.0 Å². The number of rotatable bonds is 2. The quantitative estimate of drug-likeness (QED) is 0.712. The van der Waals surface area contributed by atoms with E-state index in [2.05, 4.69) is 4.98 Å². The lowest BCUT2D eigenvalue weighted by molar-refractivity contribution is 0.124. The Hall–Kier alpha value is -1.45. The summed E-state index contributed by atoms with van der Waals surface area (Å²) in [5, 5.41) is 30.6. The van der Waals surface area contributed by atoms with Crippen LogP contribution in [0, 0.1) is 12.3 Å². The Morgan fingerprint density at radius 1 is 1.48 bits per heavy atom. The van der Waals surface area contributed by atoms with Crippen molar-refractivity contribution in [1.82, 2.24) is 9.88 Å². The van der Waals surface area contributed by atoms with Crippen molar-refractivity contribution >= 4 is 32.6 Å². The Morgan fingerprint density at radius 2 is 2.19 bits per heavy atom. The number of aromatic nitrogens is 1. The SMILES string of the molecule is Cc1csc(C2=C(O)CN([C@@H]3CS(=O)(=O)C[C@@H]3O)C2=N)n1. The maximum atomic E-state index is 11.6. The molecule has 1 saturated heterocycles. The van der Waals surface area contributed by atoms with Gasteiger partial charge in [0.25, 0.3) is 0 Å². The van der Waals surface area contributed by atoms with Crippen LogP contribution < -0.4 is 0 Å². The molecule has 0 spiro atoms. The van der Waals surface area contributed by atoms with E-state index in [4.69, 9.17) is 5.41 Å². The number of thiazole rings is 1. The first kappa shape index (κ1) is 14.5. The minimum atomic E-state index is -3.30. The first-order valence-electron chi connectivity index (χ1n) is 6.37. The molecule has 1 aromatic heterocycles. The first-order chi connectivity index (χ1) is 9.78. The highest BCUT2D eigenvalue weighted by Crippen LogP contribution is 2.32. The summed E-state index contributed by atoms with van der Waals surface area (Å²) in [6.07, 6.45) is -1.04. The molecule has 114 valence electrons. The average Bonchev–Trinajstić information content (AvgIpc) is 2.97. The molecule has 0 bridgehead atoms. The van der Waals surface area contributed by atoms with Gasteiger partial charge in [-0.1, -0.05) is 0 Å². The van der Waals surface area contributed by atoms with Crippen LogP contribution in [0.25, 0.3) is 5.57 Å². The Balaban J connectivity index is 1.89. The highest BCUT2D eigenvalue weighted by atomic mass is 32.2. The van der Waals surface area contributed by atoms with Gasteiger partial charge in [-0.2, -0.15) is 0 Å². The summed E-state index contributed by atoms with van der Waals surface area (Å²) in [6.45, 7) is 1.85. The van der Waals surface area contributed by atoms with E-state index >= 15 is 0 Å². The summed E-state index contributed by atoms with van der Waals surface area (Å²) < 4.78 is 23.2. The summed E-state index contributed by atoms with van der Waals surface area (Å²) >= 11 is 1.32. The van der Waals surface area contributed by atoms with Crippen molar-refractivity contribution in [3.8, 4) is 0 Å². The van der Waals surface area contributed by atoms with Gasteiger partial charge in [0, 0.05) is 11.1 Å². The number of aliphatic hydroxyl groups excluding tert-OH is 2. The second-order valence-corrected chi connectivity index (χ2v) is 8.32. The zero-order chi connectivity index (χ0) is 15.4. The van der Waals surface area contributed by atoms with Crippen molar-refractivity contribution in [2.75, 3.05) is 18.1 Å². The first-order valence-corrected chi connectivity index (χ1v) is 9.07. The molecule has 2 aliphatic heterocycles. The molecular weight excluding hydrogens is 314 g/mol. The zero-order valence-electron chi connectivity index (χ0n) is 11.3. The maximum Gasteiger partial charge on any atom is 0.155 e. The monoisotopic (exact) mass is 329 g/mol. The third-order valence-corrected chi connectivity index (χ3v) is 6.34. The number of nitrogens with zero attached hydrogens (tertiary/aromatic N) is 2. The maximum absolute atomic E-state index is 11.6. The molecule has 0 saturated carbocycles. The lowest BCUT2D eigenvalue weighted by atomic mass is 10.2. The highest BCUT2D eigenvalue weighted by Gasteiger charge is 2.44. The van der Waals surface area contributed by atoms with E-state index in [0.29, 0.717) is 10.6 Å². The van der Waals surface area contributed by atoms with Gasteiger partial charge in [0.2, 0.25) is 0 Å². The van der Waals surface area contributed by atoms with Gasteiger partial charge in [-0.25, -0.2) is 13.4 Å². The molecule has 0 aliphatic carbocycles. The van der Waals surface area contributed by atoms with Crippen LogP contribution >= 0.6 is 11.3 Å². The van der Waals surface area contributed by atoms with Gasteiger partial charge in [-0.05, 0) is 6.92 Å². The molecule has 9 heteroatoms. The second kappa shape index (κ2) is 4.79. The van der Waals surface area contributed by atoms with Crippen LogP contribution in [0.4, 0.5) is 0 Å². The van der Waals surface area contributed by atoms with Gasteiger partial charge in [0.15, 0.2) is 9.84 Å². The van der Waals surface area contributed by atoms with Crippen LogP contribution in [-0.2, 0) is 9.84 Å². The lowest BCUT2D eigenvalue weighted by Gasteiger charge is -2.27. The third-order valence-electron chi connectivity index (χ3n) is 3.66. The number of amidine groups is 1. The summed E-state index contributed by atoms with van der Waals surface area (Å²) in [7, 11) is -3.30. The van der Waals surface area contributed by atoms with Crippen molar-refractivity contribution in [3.05, 3.63) is 21.8 Å². The fraction of sp³-hybridized carbons (Fsp3) is 0.500. The van der Waals surface area contributed by atoms with Gasteiger partial charge in [-0.3, -0.25) is 5.41 Å². The molecule has 1 aromatic rings. The highest BCUT2D eigenvalue weighted by molar-refractivity contribution is 7.91. The molecule has 21 heavy (non-hydrogen) atoms. The van der Waals surface area contributed by atoms with Gasteiger partial charge >= 0.3 is 0 Å². The Bertz CT molecular complexity index is 737. The minimum Gasteiger partial charge on any atom is -0.510 e. The summed E-state index contributed by atoms with van der Waals surface area (Å²) in [4.78, 5) is 5.70. The summed E-state index contributed by atoms with van der Waals surface area (Å²) in [6, 6.07) is -0.691. The molecule has 0 amide bonds. The molecule has 2 atom stereocenters. The number of hydrogen-bond acceptors (Lipinski definition) is 7. The molecular formula is C12H15N3O4S2. The number of sulfone groups is 1. The number of hydrogen-bond donors (Lipinski definition) is 3. The van der Waals surface area contributed by atoms with E-state index in [0.717, 1.165) is 5.69 Å². The average molecular weight is 329 g/mol. The van der Waals surface area contributed by atoms with Crippen LogP contribution in [-0.4, -0.2) is 64.5 Å². The largest absolute Gasteiger partial charge is 0.510 e. The predicted octanol–water partition coefficient (Wildman–Crippen LogP) is 0.171. The normalized spacial score (nSPS) is 28.7. The van der Waals surface area contributed by atoms with E-state index in [1.54, 1.807) is 0 Å². The van der Waals surface area contributed by atoms with E-state index in [1.807, 2.05) is 12.3 Å². The molecule has 3 heterocycles. The fourth-order valence-electron chi connectivity index (χ4n) is 2.68. The van der Waals surface area contributed by atoms with Crippen molar-refractivity contribution in [1.29, 1.82) is 5.41 Å². The minimum absolute atomic E-state index is 0.00847. The molecule has 0 radical (unpaired) electrons. The third kappa shape index (κ3) is 2.45. The number of aryl methyl sites for hydroxylation is 1. The Labute approximate surface area is 126 Å². The summed E-state index contributed by atoms with van der Waals surface area (Å²) in [5.41, 5.74) is 1.12. The molecule has 2 aliphatic rings. The zero-order valence-corrected chi connectivity index (χ0v) is 12.9. The van der Waals surface area contributed by atoms with E-state index in [1.165, 1.54) is 16.2 Å². The van der Waals surface area contributed by atoms with Crippen LogP contribution in [0.15, 0.2) is 11.1 Å². The van der Waals surface area contributed by atoms with Crippen molar-refractivity contribution in [3.63, 3.8) is 0 Å². The van der Waals surface area contributed by atoms with Crippen LogP contribution in [0.2, 0.25) is 0 Å². The molecule has 3 rings (SSSR count). The van der Waals surface area contributed by atoms with Gasteiger partial charge in [0.1, 0.15) is 16.6 Å². The molecule has 1 fully saturated rings. The predicted molar refractivity (Wildman–Crippen MR) is 79.3 cm³/mol. The lowest BCUT2D eigenvalue weighted by Crippen LogP contribution is -2.44. The molecule has 7 nitrogen and oxygen atoms in total. The van der Waals surface area contributed by atoms with Crippen LogP contribution in [0.5, 0.6) is 0 Å². The van der Waals surface area contributed by atoms with E-state index in [9.17, 15) is 18.6 Å². The van der Waals surface area contributed by atoms with Crippen molar-refractivity contribution < 1.29 is 18.6 Å². The van der Waals surface area contributed by atoms with Gasteiger partial charge in [-0.15, -0.1) is 11.3 Å². The molecule has 3 N–H and O–H groups in total. The van der Waals surface area contributed by atoms with Crippen LogP contribution in [0.1, 0.15) is 10.7 Å². The Morgan fingerprint density at radius 3 is 2.71 bits per heavy atom. The Kier molecular flexibility index (Phi) is 3.30. The van der Waals surface area contributed by atoms with E-state index in [-0.39, 0.29) is 29.6 Å². The van der Waals surface area contributed by atoms with Crippen molar-refractivity contribution in [2.24, 2.45) is 0 Å². The smallest absolute Gasteiger partial charge is 0.155 e. The van der Waals surface area contributed by atoms with Crippen molar-refractivity contribution in [2.45, 2.75) is 19.1 Å². The molecule has 0 unspecified atom stereocenters. The number of aliphatic hydroxyl groups is 2. The molecule has 0 aromatic carbocycles.